The molecule has 5 heteroatoms. The first-order valence-corrected chi connectivity index (χ1v) is 11.6. The van der Waals surface area contributed by atoms with E-state index in [1.54, 1.807) is 12.0 Å². The van der Waals surface area contributed by atoms with Gasteiger partial charge in [0.2, 0.25) is 11.8 Å². The summed E-state index contributed by atoms with van der Waals surface area (Å²) in [4.78, 5) is 28.9. The van der Waals surface area contributed by atoms with Crippen LogP contribution >= 0.6 is 0 Å². The lowest BCUT2D eigenvalue weighted by Gasteiger charge is -2.34. The van der Waals surface area contributed by atoms with Gasteiger partial charge in [0, 0.05) is 18.5 Å². The van der Waals surface area contributed by atoms with Gasteiger partial charge in [-0.25, -0.2) is 0 Å². The molecule has 0 bridgehead atoms. The molecular formula is C29H34N2O3. The van der Waals surface area contributed by atoms with E-state index in [-0.39, 0.29) is 18.2 Å². The normalized spacial score (nSPS) is 12.0. The summed E-state index contributed by atoms with van der Waals surface area (Å²) in [5.74, 6) is 0.450. The minimum absolute atomic E-state index is 0.0981. The van der Waals surface area contributed by atoms with Crippen LogP contribution in [0.3, 0.4) is 0 Å². The fourth-order valence-electron chi connectivity index (χ4n) is 3.85. The van der Waals surface area contributed by atoms with Gasteiger partial charge < -0.3 is 15.0 Å². The molecule has 5 nitrogen and oxygen atoms in total. The highest BCUT2D eigenvalue weighted by Gasteiger charge is 2.32. The molecule has 3 rings (SSSR count). The first-order chi connectivity index (χ1) is 16.2. The van der Waals surface area contributed by atoms with E-state index in [4.69, 9.17) is 4.74 Å². The second-order valence-electron chi connectivity index (χ2n) is 9.48. The second-order valence-corrected chi connectivity index (χ2v) is 9.48. The average Bonchev–Trinajstić information content (AvgIpc) is 2.81. The number of methoxy groups -OCH3 is 1. The van der Waals surface area contributed by atoms with Crippen LogP contribution in [0.15, 0.2) is 84.9 Å². The number of nitrogens with one attached hydrogen (secondary N) is 1. The van der Waals surface area contributed by atoms with Crippen molar-refractivity contribution in [3.05, 3.63) is 102 Å². The zero-order valence-electron chi connectivity index (χ0n) is 20.5. The minimum atomic E-state index is -0.663. The zero-order chi connectivity index (χ0) is 24.6. The maximum atomic E-state index is 13.7. The molecule has 0 unspecified atom stereocenters. The Labute approximate surface area is 202 Å². The smallest absolute Gasteiger partial charge is 0.243 e. The molecule has 0 saturated heterocycles. The SMILES string of the molecule is COc1cccc(CN(C(=O)Cc2ccccc2)[C@@H](Cc2ccccc2)C(=O)NC(C)(C)C)c1. The van der Waals surface area contributed by atoms with Crippen LogP contribution in [0.1, 0.15) is 37.5 Å². The van der Waals surface area contributed by atoms with Crippen LogP contribution in [0.5, 0.6) is 5.75 Å². The third-order valence-electron chi connectivity index (χ3n) is 5.45. The Morgan fingerprint density at radius 2 is 1.44 bits per heavy atom. The van der Waals surface area contributed by atoms with E-state index in [2.05, 4.69) is 5.32 Å². The van der Waals surface area contributed by atoms with Crippen molar-refractivity contribution in [3.63, 3.8) is 0 Å². The first-order valence-electron chi connectivity index (χ1n) is 11.6. The van der Waals surface area contributed by atoms with Crippen molar-refractivity contribution in [2.75, 3.05) is 7.11 Å². The lowest BCUT2D eigenvalue weighted by Crippen LogP contribution is -2.54. The molecule has 0 aliphatic carbocycles. The van der Waals surface area contributed by atoms with Gasteiger partial charge in [-0.2, -0.15) is 0 Å². The first kappa shape index (κ1) is 25.0. The van der Waals surface area contributed by atoms with Gasteiger partial charge in [-0.15, -0.1) is 0 Å². The molecule has 0 spiro atoms. The van der Waals surface area contributed by atoms with Crippen molar-refractivity contribution >= 4 is 11.8 Å². The molecule has 0 fully saturated rings. The highest BCUT2D eigenvalue weighted by Crippen LogP contribution is 2.20. The third-order valence-corrected chi connectivity index (χ3v) is 5.45. The van der Waals surface area contributed by atoms with E-state index in [1.165, 1.54) is 0 Å². The van der Waals surface area contributed by atoms with E-state index in [0.717, 1.165) is 16.7 Å². The number of hydrogen-bond acceptors (Lipinski definition) is 3. The molecule has 3 aromatic rings. The van der Waals surface area contributed by atoms with Crippen molar-refractivity contribution in [2.24, 2.45) is 0 Å². The molecule has 0 heterocycles. The molecule has 0 radical (unpaired) electrons. The van der Waals surface area contributed by atoms with Crippen molar-refractivity contribution in [2.45, 2.75) is 51.7 Å². The Balaban J connectivity index is 1.99. The number of ether oxygens (including phenoxy) is 1. The molecule has 1 atom stereocenters. The second kappa shape index (κ2) is 11.5. The van der Waals surface area contributed by atoms with Crippen molar-refractivity contribution < 1.29 is 14.3 Å². The molecule has 0 aliphatic rings. The minimum Gasteiger partial charge on any atom is -0.497 e. The molecule has 178 valence electrons. The summed E-state index contributed by atoms with van der Waals surface area (Å²) in [5, 5.41) is 3.09. The van der Waals surface area contributed by atoms with Crippen molar-refractivity contribution in [3.8, 4) is 5.75 Å². The van der Waals surface area contributed by atoms with E-state index in [0.29, 0.717) is 18.7 Å². The topological polar surface area (TPSA) is 58.6 Å². The fourth-order valence-corrected chi connectivity index (χ4v) is 3.85. The standard InChI is InChI=1S/C29H34N2O3/c1-29(2,3)30-28(33)26(19-22-12-7-5-8-13-22)31(21-24-16-11-17-25(18-24)34-4)27(32)20-23-14-9-6-10-15-23/h5-18,26H,19-21H2,1-4H3,(H,30,33)/t26-/m0/s1. The summed E-state index contributed by atoms with van der Waals surface area (Å²) < 4.78 is 5.38. The molecule has 0 aromatic heterocycles. The van der Waals surface area contributed by atoms with Gasteiger partial charge in [0.25, 0.3) is 0 Å². The lowest BCUT2D eigenvalue weighted by molar-refractivity contribution is -0.141. The largest absolute Gasteiger partial charge is 0.497 e. The number of benzene rings is 3. The van der Waals surface area contributed by atoms with Crippen LogP contribution in [0.25, 0.3) is 0 Å². The van der Waals surface area contributed by atoms with Crippen LogP contribution < -0.4 is 10.1 Å². The fraction of sp³-hybridized carbons (Fsp3) is 0.310. The van der Waals surface area contributed by atoms with Crippen molar-refractivity contribution in [1.82, 2.24) is 10.2 Å². The highest BCUT2D eigenvalue weighted by atomic mass is 16.5. The van der Waals surface area contributed by atoms with Gasteiger partial charge >= 0.3 is 0 Å². The molecule has 0 saturated carbocycles. The van der Waals surface area contributed by atoms with Gasteiger partial charge in [-0.05, 0) is 49.6 Å². The highest BCUT2D eigenvalue weighted by molar-refractivity contribution is 5.89. The predicted octanol–water partition coefficient (Wildman–Crippen LogP) is 4.79. The maximum absolute atomic E-state index is 13.7. The molecule has 1 N–H and O–H groups in total. The summed E-state index contributed by atoms with van der Waals surface area (Å²) in [6.07, 6.45) is 0.645. The molecular weight excluding hydrogens is 424 g/mol. The Morgan fingerprint density at radius 3 is 2.03 bits per heavy atom. The van der Waals surface area contributed by atoms with Crippen LogP contribution in [0.2, 0.25) is 0 Å². The molecule has 2 amide bonds. The summed E-state index contributed by atoms with van der Waals surface area (Å²) in [6, 6.07) is 26.4. The van der Waals surface area contributed by atoms with E-state index >= 15 is 0 Å². The molecule has 0 aliphatic heterocycles. The van der Waals surface area contributed by atoms with Crippen LogP contribution in [0, 0.1) is 0 Å². The number of rotatable bonds is 9. The number of hydrogen-bond donors (Lipinski definition) is 1. The van der Waals surface area contributed by atoms with Gasteiger partial charge in [0.1, 0.15) is 11.8 Å². The van der Waals surface area contributed by atoms with Gasteiger partial charge in [-0.1, -0.05) is 72.8 Å². The summed E-state index contributed by atoms with van der Waals surface area (Å²) in [7, 11) is 1.62. The predicted molar refractivity (Wildman–Crippen MR) is 136 cm³/mol. The van der Waals surface area contributed by atoms with Crippen LogP contribution in [0.4, 0.5) is 0 Å². The maximum Gasteiger partial charge on any atom is 0.243 e. The number of carbonyl (C=O) groups excluding carboxylic acids is 2. The Morgan fingerprint density at radius 1 is 0.853 bits per heavy atom. The van der Waals surface area contributed by atoms with E-state index in [9.17, 15) is 9.59 Å². The number of carbonyl (C=O) groups is 2. The molecule has 3 aromatic carbocycles. The van der Waals surface area contributed by atoms with Crippen LogP contribution in [-0.2, 0) is 29.0 Å². The van der Waals surface area contributed by atoms with Crippen molar-refractivity contribution in [1.29, 1.82) is 0 Å². The van der Waals surface area contributed by atoms with E-state index < -0.39 is 11.6 Å². The summed E-state index contributed by atoms with van der Waals surface area (Å²) in [5.41, 5.74) is 2.40. The third kappa shape index (κ3) is 7.48. The zero-order valence-corrected chi connectivity index (χ0v) is 20.5. The lowest BCUT2D eigenvalue weighted by atomic mass is 10.00. The Bertz CT molecular complexity index is 1080. The summed E-state index contributed by atoms with van der Waals surface area (Å²) in [6.45, 7) is 6.14. The average molecular weight is 459 g/mol. The monoisotopic (exact) mass is 458 g/mol. The van der Waals surface area contributed by atoms with Gasteiger partial charge in [-0.3, -0.25) is 9.59 Å². The Hall–Kier alpha value is -3.60. The molecule has 34 heavy (non-hydrogen) atoms. The number of nitrogens with zero attached hydrogens (tertiary/aromatic N) is 1. The van der Waals surface area contributed by atoms with Gasteiger partial charge in [0.15, 0.2) is 0 Å². The number of amides is 2. The van der Waals surface area contributed by atoms with Gasteiger partial charge in [0.05, 0.1) is 13.5 Å². The van der Waals surface area contributed by atoms with E-state index in [1.807, 2.05) is 106 Å². The quantitative estimate of drug-likeness (QED) is 0.501. The van der Waals surface area contributed by atoms with Crippen LogP contribution in [-0.4, -0.2) is 35.4 Å². The summed E-state index contributed by atoms with van der Waals surface area (Å²) >= 11 is 0. The Kier molecular flexibility index (Phi) is 8.47.